The van der Waals surface area contributed by atoms with E-state index in [1.54, 1.807) is 0 Å². The summed E-state index contributed by atoms with van der Waals surface area (Å²) >= 11 is 3.45. The molecule has 0 radical (unpaired) electrons. The number of nitrogens with one attached hydrogen (secondary N) is 2. The predicted molar refractivity (Wildman–Crippen MR) is 82.3 cm³/mol. The van der Waals surface area contributed by atoms with E-state index in [-0.39, 0.29) is 17.4 Å². The van der Waals surface area contributed by atoms with Crippen LogP contribution in [0.2, 0.25) is 0 Å². The molecule has 0 saturated carbocycles. The number of aryl methyl sites for hydroxylation is 1. The number of carbonyl (C=O) groups excluding carboxylic acids is 1. The second-order valence-corrected chi connectivity index (χ2v) is 6.90. The molecule has 0 bridgehead atoms. The minimum atomic E-state index is -0.125. The van der Waals surface area contributed by atoms with E-state index in [4.69, 9.17) is 0 Å². The molecule has 0 aromatic heterocycles. The summed E-state index contributed by atoms with van der Waals surface area (Å²) in [4.78, 5) is 12.4. The van der Waals surface area contributed by atoms with E-state index in [0.29, 0.717) is 0 Å². The Morgan fingerprint density at radius 1 is 1.42 bits per heavy atom. The van der Waals surface area contributed by atoms with Gasteiger partial charge in [0.2, 0.25) is 5.91 Å². The number of anilines is 1. The molecule has 0 aliphatic carbocycles. The molecule has 3 nitrogen and oxygen atoms in total. The minimum Gasteiger partial charge on any atom is -0.325 e. The van der Waals surface area contributed by atoms with E-state index < -0.39 is 0 Å². The van der Waals surface area contributed by atoms with E-state index in [9.17, 15) is 4.79 Å². The van der Waals surface area contributed by atoms with Crippen molar-refractivity contribution in [1.82, 2.24) is 5.32 Å². The van der Waals surface area contributed by atoms with Crippen molar-refractivity contribution in [2.24, 2.45) is 5.41 Å². The van der Waals surface area contributed by atoms with Gasteiger partial charge < -0.3 is 10.6 Å². The lowest BCUT2D eigenvalue weighted by atomic mass is 9.77. The number of carbonyl (C=O) groups is 1. The Morgan fingerprint density at radius 3 is 2.79 bits per heavy atom. The van der Waals surface area contributed by atoms with E-state index in [1.165, 1.54) is 0 Å². The number of amides is 1. The molecule has 2 N–H and O–H groups in total. The van der Waals surface area contributed by atoms with Crippen molar-refractivity contribution in [1.29, 1.82) is 0 Å². The lowest BCUT2D eigenvalue weighted by Crippen LogP contribution is -2.53. The molecule has 1 unspecified atom stereocenters. The minimum absolute atomic E-state index is 0.00336. The zero-order valence-electron chi connectivity index (χ0n) is 11.7. The first-order valence-corrected chi connectivity index (χ1v) is 7.49. The smallest absolute Gasteiger partial charge is 0.242 e. The van der Waals surface area contributed by atoms with E-state index in [1.807, 2.05) is 25.1 Å². The van der Waals surface area contributed by atoms with Crippen LogP contribution in [-0.2, 0) is 4.79 Å². The van der Waals surface area contributed by atoms with Crippen LogP contribution in [-0.4, -0.2) is 18.5 Å². The Hall–Kier alpha value is -0.870. The van der Waals surface area contributed by atoms with Gasteiger partial charge in [-0.25, -0.2) is 0 Å². The Balaban J connectivity index is 2.12. The quantitative estimate of drug-likeness (QED) is 0.874. The molecule has 104 valence electrons. The number of halogens is 1. The largest absolute Gasteiger partial charge is 0.325 e. The second-order valence-electron chi connectivity index (χ2n) is 5.99. The Morgan fingerprint density at radius 2 is 2.16 bits per heavy atom. The normalized spacial score (nSPS) is 22.0. The fraction of sp³-hybridized carbons (Fsp3) is 0.533. The maximum atomic E-state index is 12.4. The van der Waals surface area contributed by atoms with Gasteiger partial charge in [-0.2, -0.15) is 0 Å². The first-order chi connectivity index (χ1) is 8.88. The maximum absolute atomic E-state index is 12.4. The van der Waals surface area contributed by atoms with E-state index in [0.717, 1.165) is 35.1 Å². The highest BCUT2D eigenvalue weighted by molar-refractivity contribution is 9.10. The van der Waals surface area contributed by atoms with Crippen LogP contribution in [0, 0.1) is 12.3 Å². The number of hydrogen-bond donors (Lipinski definition) is 2. The Bertz CT molecular complexity index is 465. The molecule has 1 amide bonds. The summed E-state index contributed by atoms with van der Waals surface area (Å²) in [5, 5.41) is 6.35. The molecule has 4 heteroatoms. The third-order valence-corrected chi connectivity index (χ3v) is 4.16. The zero-order chi connectivity index (χ0) is 14.0. The topological polar surface area (TPSA) is 41.1 Å². The van der Waals surface area contributed by atoms with Crippen molar-refractivity contribution in [3.63, 3.8) is 0 Å². The van der Waals surface area contributed by atoms with Gasteiger partial charge in [-0.1, -0.05) is 29.8 Å². The summed E-state index contributed by atoms with van der Waals surface area (Å²) in [7, 11) is 0. The third-order valence-electron chi connectivity index (χ3n) is 3.70. The molecular formula is C15H21BrN2O. The first kappa shape index (κ1) is 14.5. The molecule has 1 aromatic rings. The van der Waals surface area contributed by atoms with E-state index in [2.05, 4.69) is 40.4 Å². The fourth-order valence-corrected chi connectivity index (χ4v) is 3.29. The Kier molecular flexibility index (Phi) is 4.31. The lowest BCUT2D eigenvalue weighted by Gasteiger charge is -2.38. The number of benzene rings is 1. The molecule has 1 atom stereocenters. The monoisotopic (exact) mass is 324 g/mol. The second kappa shape index (κ2) is 5.63. The SMILES string of the molecule is Cc1cc(Br)cc(NC(=O)C2NCCCC2(C)C)c1. The molecule has 19 heavy (non-hydrogen) atoms. The number of piperidine rings is 1. The van der Waals surface area contributed by atoms with Crippen LogP contribution in [0.25, 0.3) is 0 Å². The highest BCUT2D eigenvalue weighted by Gasteiger charge is 2.37. The summed E-state index contributed by atoms with van der Waals surface area (Å²) in [6, 6.07) is 5.82. The van der Waals surface area contributed by atoms with Crippen LogP contribution < -0.4 is 10.6 Å². The van der Waals surface area contributed by atoms with Crippen LogP contribution in [0.5, 0.6) is 0 Å². The van der Waals surface area contributed by atoms with Crippen LogP contribution in [0.15, 0.2) is 22.7 Å². The number of rotatable bonds is 2. The summed E-state index contributed by atoms with van der Waals surface area (Å²) in [5.74, 6) is 0.0576. The van der Waals surface area contributed by atoms with Gasteiger partial charge in [0.25, 0.3) is 0 Å². The number of hydrogen-bond acceptors (Lipinski definition) is 2. The Labute approximate surface area is 123 Å². The molecule has 1 saturated heterocycles. The zero-order valence-corrected chi connectivity index (χ0v) is 13.3. The van der Waals surface area contributed by atoms with Crippen molar-refractivity contribution in [2.75, 3.05) is 11.9 Å². The van der Waals surface area contributed by atoms with Crippen molar-refractivity contribution < 1.29 is 4.79 Å². The van der Waals surface area contributed by atoms with Gasteiger partial charge in [0.1, 0.15) is 0 Å². The van der Waals surface area contributed by atoms with E-state index >= 15 is 0 Å². The van der Waals surface area contributed by atoms with Gasteiger partial charge >= 0.3 is 0 Å². The van der Waals surface area contributed by atoms with Gasteiger partial charge in [-0.15, -0.1) is 0 Å². The van der Waals surface area contributed by atoms with Crippen LogP contribution in [0.1, 0.15) is 32.3 Å². The summed E-state index contributed by atoms with van der Waals surface area (Å²) in [6.07, 6.45) is 2.21. The average Bonchev–Trinajstić information content (AvgIpc) is 2.26. The van der Waals surface area contributed by atoms with Crippen molar-refractivity contribution in [3.05, 3.63) is 28.2 Å². The molecule has 1 aromatic carbocycles. The highest BCUT2D eigenvalue weighted by Crippen LogP contribution is 2.31. The fourth-order valence-electron chi connectivity index (χ4n) is 2.68. The van der Waals surface area contributed by atoms with Crippen LogP contribution >= 0.6 is 15.9 Å². The van der Waals surface area contributed by atoms with Crippen LogP contribution in [0.3, 0.4) is 0 Å². The van der Waals surface area contributed by atoms with Gasteiger partial charge in [0, 0.05) is 10.2 Å². The predicted octanol–water partition coefficient (Wildman–Crippen LogP) is 3.47. The van der Waals surface area contributed by atoms with Gasteiger partial charge in [-0.3, -0.25) is 4.79 Å². The first-order valence-electron chi connectivity index (χ1n) is 6.70. The average molecular weight is 325 g/mol. The standard InChI is InChI=1S/C15H21BrN2O/c1-10-7-11(16)9-12(8-10)18-14(19)13-15(2,3)5-4-6-17-13/h7-9,13,17H,4-6H2,1-3H3,(H,18,19). The molecule has 0 spiro atoms. The van der Waals surface area contributed by atoms with Crippen molar-refractivity contribution >= 4 is 27.5 Å². The summed E-state index contributed by atoms with van der Waals surface area (Å²) in [5.41, 5.74) is 1.98. The third kappa shape index (κ3) is 3.57. The molecule has 1 heterocycles. The highest BCUT2D eigenvalue weighted by atomic mass is 79.9. The molecule has 1 aliphatic heterocycles. The van der Waals surface area contributed by atoms with Crippen molar-refractivity contribution in [3.8, 4) is 0 Å². The molecule has 1 aliphatic rings. The van der Waals surface area contributed by atoms with Gasteiger partial charge in [-0.05, 0) is 55.5 Å². The molecule has 2 rings (SSSR count). The molecular weight excluding hydrogens is 304 g/mol. The van der Waals surface area contributed by atoms with Crippen LogP contribution in [0.4, 0.5) is 5.69 Å². The summed E-state index contributed by atoms with van der Waals surface area (Å²) in [6.45, 7) is 7.23. The molecule has 1 fully saturated rings. The summed E-state index contributed by atoms with van der Waals surface area (Å²) < 4.78 is 0.985. The van der Waals surface area contributed by atoms with Crippen molar-refractivity contribution in [2.45, 2.75) is 39.7 Å². The lowest BCUT2D eigenvalue weighted by molar-refractivity contribution is -0.121. The van der Waals surface area contributed by atoms with Gasteiger partial charge in [0.15, 0.2) is 0 Å². The maximum Gasteiger partial charge on any atom is 0.242 e. The van der Waals surface area contributed by atoms with Gasteiger partial charge in [0.05, 0.1) is 6.04 Å².